The van der Waals surface area contributed by atoms with E-state index in [-0.39, 0.29) is 12.5 Å². The van der Waals surface area contributed by atoms with Crippen LogP contribution in [-0.2, 0) is 4.79 Å². The second kappa shape index (κ2) is 9.42. The topological polar surface area (TPSA) is 43.8 Å². The van der Waals surface area contributed by atoms with E-state index in [4.69, 9.17) is 5.11 Å². The van der Waals surface area contributed by atoms with E-state index in [1.807, 2.05) is 18.7 Å². The summed E-state index contributed by atoms with van der Waals surface area (Å²) in [4.78, 5) is 16.0. The Labute approximate surface area is 106 Å². The van der Waals surface area contributed by atoms with Crippen LogP contribution in [-0.4, -0.2) is 59.6 Å². The van der Waals surface area contributed by atoms with Gasteiger partial charge in [-0.25, -0.2) is 0 Å². The zero-order valence-corrected chi connectivity index (χ0v) is 11.8. The summed E-state index contributed by atoms with van der Waals surface area (Å²) in [6.45, 7) is 10.9. The number of rotatable bonds is 9. The smallest absolute Gasteiger partial charge is 0.236 e. The van der Waals surface area contributed by atoms with Gasteiger partial charge in [0, 0.05) is 25.7 Å². The van der Waals surface area contributed by atoms with Crippen molar-refractivity contribution in [2.45, 2.75) is 46.6 Å². The molecule has 0 aromatic heterocycles. The molecule has 0 spiro atoms. The second-order valence-electron chi connectivity index (χ2n) is 4.23. The van der Waals surface area contributed by atoms with Gasteiger partial charge in [-0.2, -0.15) is 0 Å². The Morgan fingerprint density at radius 3 is 2.00 bits per heavy atom. The van der Waals surface area contributed by atoms with Crippen LogP contribution in [0.25, 0.3) is 0 Å². The van der Waals surface area contributed by atoms with Gasteiger partial charge >= 0.3 is 0 Å². The molecule has 0 atom stereocenters. The molecular formula is C13H28N2O2. The Balaban J connectivity index is 4.46. The van der Waals surface area contributed by atoms with Crippen LogP contribution in [0.1, 0.15) is 40.5 Å². The molecule has 1 N–H and O–H groups in total. The van der Waals surface area contributed by atoms with Gasteiger partial charge in [0.25, 0.3) is 0 Å². The summed E-state index contributed by atoms with van der Waals surface area (Å²) in [5.41, 5.74) is 0. The average Bonchev–Trinajstić information content (AvgIpc) is 2.32. The molecule has 0 aromatic rings. The lowest BCUT2D eigenvalue weighted by atomic mass is 10.1. The highest BCUT2D eigenvalue weighted by molar-refractivity contribution is 5.78. The molecule has 0 fully saturated rings. The van der Waals surface area contributed by atoms with Gasteiger partial charge in [-0.15, -0.1) is 0 Å². The third-order valence-corrected chi connectivity index (χ3v) is 3.30. The predicted octanol–water partition coefficient (Wildman–Crippen LogP) is 1.34. The van der Waals surface area contributed by atoms with E-state index in [1.54, 1.807) is 0 Å². The molecule has 0 heterocycles. The quantitative estimate of drug-likeness (QED) is 0.665. The largest absolute Gasteiger partial charge is 0.395 e. The molecule has 0 radical (unpaired) electrons. The number of likely N-dealkylation sites (N-methyl/N-ethyl adjacent to an activating group) is 1. The average molecular weight is 244 g/mol. The molecule has 0 aliphatic rings. The molecule has 0 bridgehead atoms. The molecule has 0 aromatic carbocycles. The number of hydrogen-bond acceptors (Lipinski definition) is 3. The molecule has 4 nitrogen and oxygen atoms in total. The van der Waals surface area contributed by atoms with E-state index in [0.29, 0.717) is 19.1 Å². The summed E-state index contributed by atoms with van der Waals surface area (Å²) in [5, 5.41) is 9.08. The van der Waals surface area contributed by atoms with E-state index in [0.717, 1.165) is 25.9 Å². The lowest BCUT2D eigenvalue weighted by Gasteiger charge is -2.31. The Morgan fingerprint density at radius 2 is 1.65 bits per heavy atom. The van der Waals surface area contributed by atoms with Crippen molar-refractivity contribution in [2.75, 3.05) is 32.8 Å². The first kappa shape index (κ1) is 16.4. The number of hydrogen-bond donors (Lipinski definition) is 1. The number of amides is 1. The lowest BCUT2D eigenvalue weighted by Crippen LogP contribution is -2.45. The normalized spacial score (nSPS) is 11.2. The highest BCUT2D eigenvalue weighted by atomic mass is 16.3. The predicted molar refractivity (Wildman–Crippen MR) is 71.0 cm³/mol. The highest BCUT2D eigenvalue weighted by Gasteiger charge is 2.19. The Hall–Kier alpha value is -0.610. The maximum absolute atomic E-state index is 12.0. The molecular weight excluding hydrogens is 216 g/mol. The fourth-order valence-electron chi connectivity index (χ4n) is 2.17. The second-order valence-corrected chi connectivity index (χ2v) is 4.23. The van der Waals surface area contributed by atoms with Gasteiger partial charge in [-0.05, 0) is 26.7 Å². The maximum Gasteiger partial charge on any atom is 0.236 e. The number of aliphatic hydroxyl groups excluding tert-OH is 1. The third-order valence-electron chi connectivity index (χ3n) is 3.30. The van der Waals surface area contributed by atoms with Crippen molar-refractivity contribution in [1.82, 2.24) is 9.80 Å². The van der Waals surface area contributed by atoms with E-state index in [9.17, 15) is 4.79 Å². The number of carbonyl (C=O) groups excluding carboxylic acids is 1. The molecule has 17 heavy (non-hydrogen) atoms. The van der Waals surface area contributed by atoms with Crippen LogP contribution in [0, 0.1) is 0 Å². The molecule has 0 saturated carbocycles. The van der Waals surface area contributed by atoms with Crippen molar-refractivity contribution in [2.24, 2.45) is 0 Å². The standard InChI is InChI=1S/C13H28N2O2/c1-5-12(6-2)15(9-10-16)11-13(17)14(7-3)8-4/h12,16H,5-11H2,1-4H3. The first-order chi connectivity index (χ1) is 8.14. The van der Waals surface area contributed by atoms with Crippen LogP contribution in [0.4, 0.5) is 0 Å². The first-order valence-electron chi connectivity index (χ1n) is 6.77. The molecule has 1 amide bonds. The summed E-state index contributed by atoms with van der Waals surface area (Å²) in [6, 6.07) is 0.390. The Kier molecular flexibility index (Phi) is 9.09. The van der Waals surface area contributed by atoms with Crippen LogP contribution in [0.2, 0.25) is 0 Å². The van der Waals surface area contributed by atoms with Crippen LogP contribution < -0.4 is 0 Å². The van der Waals surface area contributed by atoms with Crippen molar-refractivity contribution in [3.05, 3.63) is 0 Å². The molecule has 4 heteroatoms. The van der Waals surface area contributed by atoms with Crippen LogP contribution in [0.5, 0.6) is 0 Å². The fraction of sp³-hybridized carbons (Fsp3) is 0.923. The van der Waals surface area contributed by atoms with E-state index < -0.39 is 0 Å². The molecule has 0 saturated heterocycles. The van der Waals surface area contributed by atoms with Crippen LogP contribution in [0.3, 0.4) is 0 Å². The summed E-state index contributed by atoms with van der Waals surface area (Å²) >= 11 is 0. The van der Waals surface area contributed by atoms with Gasteiger partial charge in [0.1, 0.15) is 0 Å². The minimum Gasteiger partial charge on any atom is -0.395 e. The van der Waals surface area contributed by atoms with Crippen molar-refractivity contribution in [1.29, 1.82) is 0 Å². The Bertz CT molecular complexity index is 202. The van der Waals surface area contributed by atoms with Gasteiger partial charge in [-0.1, -0.05) is 13.8 Å². The molecule has 0 aliphatic carbocycles. The van der Waals surface area contributed by atoms with Crippen molar-refractivity contribution in [3.8, 4) is 0 Å². The van der Waals surface area contributed by atoms with Gasteiger partial charge in [0.05, 0.1) is 13.2 Å². The van der Waals surface area contributed by atoms with E-state index in [1.165, 1.54) is 0 Å². The SMILES string of the molecule is CCC(CC)N(CCO)CC(=O)N(CC)CC. The molecule has 0 aliphatic heterocycles. The number of nitrogens with zero attached hydrogens (tertiary/aromatic N) is 2. The third kappa shape index (κ3) is 5.50. The first-order valence-corrected chi connectivity index (χ1v) is 6.77. The monoisotopic (exact) mass is 244 g/mol. The maximum atomic E-state index is 12.0. The van der Waals surface area contributed by atoms with Crippen LogP contribution >= 0.6 is 0 Å². The summed E-state index contributed by atoms with van der Waals surface area (Å²) in [5.74, 6) is 0.162. The lowest BCUT2D eigenvalue weighted by molar-refractivity contribution is -0.132. The number of aliphatic hydroxyl groups is 1. The highest BCUT2D eigenvalue weighted by Crippen LogP contribution is 2.08. The zero-order chi connectivity index (χ0) is 13.3. The Morgan fingerprint density at radius 1 is 1.12 bits per heavy atom. The fourth-order valence-corrected chi connectivity index (χ4v) is 2.17. The van der Waals surface area contributed by atoms with Crippen molar-refractivity contribution in [3.63, 3.8) is 0 Å². The summed E-state index contributed by atoms with van der Waals surface area (Å²) in [7, 11) is 0. The minimum atomic E-state index is 0.113. The van der Waals surface area contributed by atoms with Crippen molar-refractivity contribution < 1.29 is 9.90 Å². The summed E-state index contributed by atoms with van der Waals surface area (Å²) < 4.78 is 0. The van der Waals surface area contributed by atoms with Gasteiger partial charge < -0.3 is 10.0 Å². The van der Waals surface area contributed by atoms with E-state index in [2.05, 4.69) is 18.7 Å². The van der Waals surface area contributed by atoms with Gasteiger partial charge in [-0.3, -0.25) is 9.69 Å². The van der Waals surface area contributed by atoms with E-state index >= 15 is 0 Å². The molecule has 0 rings (SSSR count). The van der Waals surface area contributed by atoms with Crippen molar-refractivity contribution >= 4 is 5.91 Å². The zero-order valence-electron chi connectivity index (χ0n) is 11.8. The van der Waals surface area contributed by atoms with Crippen LogP contribution in [0.15, 0.2) is 0 Å². The minimum absolute atomic E-state index is 0.113. The number of carbonyl (C=O) groups is 1. The van der Waals surface area contributed by atoms with Gasteiger partial charge in [0.15, 0.2) is 0 Å². The summed E-state index contributed by atoms with van der Waals surface area (Å²) in [6.07, 6.45) is 2.03. The molecule has 102 valence electrons. The van der Waals surface area contributed by atoms with Gasteiger partial charge in [0.2, 0.25) is 5.91 Å². The molecule has 0 unspecified atom stereocenters.